The number of rotatable bonds is 4. The molecule has 0 radical (unpaired) electrons. The predicted octanol–water partition coefficient (Wildman–Crippen LogP) is 3.84. The molecule has 3 N–H and O–H groups in total. The van der Waals surface area contributed by atoms with Gasteiger partial charge < -0.3 is 15.2 Å². The van der Waals surface area contributed by atoms with E-state index in [0.29, 0.717) is 0 Å². The average molecular weight is 735 g/mol. The first kappa shape index (κ1) is 34.2. The van der Waals surface area contributed by atoms with Crippen molar-refractivity contribution < 1.29 is 56.3 Å². The summed E-state index contributed by atoms with van der Waals surface area (Å²) >= 11 is 14.2. The number of carbonyl (C=O) groups excluding carboxylic acids is 4. The van der Waals surface area contributed by atoms with E-state index in [2.05, 4.69) is 0 Å². The molecule has 258 valence electrons. The Morgan fingerprint density at radius 2 is 1.44 bits per heavy atom. The molecular weight excluding hydrogens is 713 g/mol. The fraction of sp³-hybridized carbons (Fsp3) is 0.273. The Morgan fingerprint density at radius 3 is 2.08 bits per heavy atom. The number of phenols is 1. The molecule has 0 bridgehead atoms. The van der Waals surface area contributed by atoms with E-state index in [4.69, 9.17) is 23.2 Å². The Morgan fingerprint density at radius 1 is 0.820 bits per heavy atom. The van der Waals surface area contributed by atoms with E-state index in [0.717, 1.165) is 4.90 Å². The molecule has 0 spiro atoms. The normalized spacial score (nSPS) is 28.9. The van der Waals surface area contributed by atoms with Gasteiger partial charge in [-0.2, -0.15) is 0 Å². The van der Waals surface area contributed by atoms with Crippen molar-refractivity contribution in [3.8, 4) is 5.75 Å². The molecule has 6 atom stereocenters. The summed E-state index contributed by atoms with van der Waals surface area (Å²) < 4.78 is 73.2. The van der Waals surface area contributed by atoms with Crippen LogP contribution >= 0.6 is 23.2 Å². The number of hydrogen-bond acceptors (Lipinski definition) is 7. The van der Waals surface area contributed by atoms with Crippen molar-refractivity contribution in [2.45, 2.75) is 35.4 Å². The zero-order chi connectivity index (χ0) is 36.4. The molecule has 2 heterocycles. The minimum absolute atomic E-state index is 0.00197. The number of hydrogen-bond donors (Lipinski definition) is 3. The second-order valence-electron chi connectivity index (χ2n) is 12.7. The second kappa shape index (κ2) is 11.4. The molecule has 0 aromatic heterocycles. The van der Waals surface area contributed by atoms with Crippen molar-refractivity contribution in [2.75, 3.05) is 9.80 Å². The fourth-order valence-electron chi connectivity index (χ4n) is 7.91. The largest absolute Gasteiger partial charge is 0.507 e. The number of aryl methyl sites for hydroxylation is 1. The predicted molar refractivity (Wildman–Crippen MR) is 168 cm³/mol. The maximum absolute atomic E-state index is 15.2. The summed E-state index contributed by atoms with van der Waals surface area (Å²) in [6.07, 6.45) is 0.668. The number of nitrogens with zero attached hydrogens (tertiary/aromatic N) is 2. The average Bonchev–Trinajstić information content (AvgIpc) is 3.42. The van der Waals surface area contributed by atoms with Gasteiger partial charge in [0.1, 0.15) is 11.4 Å². The van der Waals surface area contributed by atoms with Gasteiger partial charge in [-0.3, -0.25) is 24.1 Å². The number of imide groups is 2. The summed E-state index contributed by atoms with van der Waals surface area (Å²) in [7, 11) is -1.93. The molecule has 3 aromatic carbocycles. The van der Waals surface area contributed by atoms with Gasteiger partial charge in [-0.15, -0.1) is 23.2 Å². The first-order valence-corrected chi connectivity index (χ1v) is 15.8. The van der Waals surface area contributed by atoms with Crippen molar-refractivity contribution in [1.82, 2.24) is 0 Å². The number of phenolic OH excluding ortho intramolecular Hbond substituents is 1. The van der Waals surface area contributed by atoms with E-state index in [9.17, 15) is 47.5 Å². The van der Waals surface area contributed by atoms with E-state index >= 15 is 8.78 Å². The van der Waals surface area contributed by atoms with Crippen molar-refractivity contribution in [1.29, 1.82) is 0 Å². The maximum atomic E-state index is 15.2. The number of halogens is 7. The third kappa shape index (κ3) is 4.26. The molecule has 3 fully saturated rings. The lowest BCUT2D eigenvalue weighted by molar-refractivity contribution is -0.125. The highest BCUT2D eigenvalue weighted by atomic mass is 35.5. The van der Waals surface area contributed by atoms with Crippen LogP contribution in [-0.4, -0.2) is 55.7 Å². The van der Waals surface area contributed by atoms with Gasteiger partial charge in [-0.1, -0.05) is 42.0 Å². The number of aromatic hydroxyl groups is 1. The summed E-state index contributed by atoms with van der Waals surface area (Å²) in [5.41, 5.74) is -1.60. The van der Waals surface area contributed by atoms with Crippen LogP contribution in [0.2, 0.25) is 0 Å². The van der Waals surface area contributed by atoms with Gasteiger partial charge in [0.25, 0.3) is 11.8 Å². The van der Waals surface area contributed by atoms with Crippen molar-refractivity contribution in [3.63, 3.8) is 0 Å². The van der Waals surface area contributed by atoms with Crippen LogP contribution in [0.25, 0.3) is 0 Å². The number of amides is 4. The summed E-state index contributed by atoms with van der Waals surface area (Å²) in [6, 6.07) is 9.64. The highest BCUT2D eigenvalue weighted by Crippen LogP contribution is 2.66. The standard InChI is InChI=1S/C33H22BCl2F5N2O7/c1-12-4-2-7-17(27(12)44)20-15-8-9-16-19(29(46)42(28(16)45)14-6-3-5-13(10-14)34(49)50)18(15)11-32(35)30(47)43(31(48)33(20,32)36)26-24(40)22(38)21(37)23(39)25(26)41/h2-8,10,16,18-20,44,49-50H,9,11H2,1H3. The summed E-state index contributed by atoms with van der Waals surface area (Å²) in [5, 5.41) is 30.6. The monoisotopic (exact) mass is 734 g/mol. The van der Waals surface area contributed by atoms with Crippen LogP contribution in [0.5, 0.6) is 5.75 Å². The Balaban J connectivity index is 1.43. The number of alkyl halides is 2. The van der Waals surface area contributed by atoms with E-state index in [1.54, 1.807) is 0 Å². The van der Waals surface area contributed by atoms with Crippen molar-refractivity contribution in [3.05, 3.63) is 94.3 Å². The minimum Gasteiger partial charge on any atom is -0.507 e. The topological polar surface area (TPSA) is 135 Å². The Kier molecular flexibility index (Phi) is 7.76. The zero-order valence-electron chi connectivity index (χ0n) is 25.4. The lowest BCUT2D eigenvalue weighted by atomic mass is 9.56. The second-order valence-corrected chi connectivity index (χ2v) is 13.9. The summed E-state index contributed by atoms with van der Waals surface area (Å²) in [4.78, 5) is 51.6. The number of carbonyl (C=O) groups is 4. The first-order valence-electron chi connectivity index (χ1n) is 15.1. The van der Waals surface area contributed by atoms with Gasteiger partial charge in [-0.25, -0.2) is 26.9 Å². The van der Waals surface area contributed by atoms with Gasteiger partial charge in [-0.05, 0) is 48.8 Å². The maximum Gasteiger partial charge on any atom is 0.488 e. The van der Waals surface area contributed by atoms with Gasteiger partial charge in [0.15, 0.2) is 33.0 Å². The van der Waals surface area contributed by atoms with Crippen molar-refractivity contribution >= 4 is 70.8 Å². The SMILES string of the molecule is Cc1cccc(C2C3=CCC4C(=O)N(c5cccc(B(O)O)c5)C(=O)C4C3CC3(Cl)C(=O)N(c4c(F)c(F)c(F)c(F)c4F)C(=O)C23Cl)c1O. The Hall–Kier alpha value is -4.31. The molecule has 2 saturated heterocycles. The van der Waals surface area contributed by atoms with Gasteiger partial charge in [0.2, 0.25) is 17.6 Å². The van der Waals surface area contributed by atoms with Crippen LogP contribution < -0.4 is 15.3 Å². The molecular formula is C33H22BCl2F5N2O7. The zero-order valence-corrected chi connectivity index (χ0v) is 26.9. The fourth-order valence-corrected chi connectivity index (χ4v) is 8.83. The van der Waals surface area contributed by atoms with E-state index < -0.39 is 111 Å². The molecule has 1 saturated carbocycles. The highest BCUT2D eigenvalue weighted by Gasteiger charge is 2.77. The van der Waals surface area contributed by atoms with Crippen LogP contribution in [0.4, 0.5) is 33.3 Å². The molecule has 7 rings (SSSR count). The molecule has 50 heavy (non-hydrogen) atoms. The quantitative estimate of drug-likeness (QED) is 0.0706. The first-order chi connectivity index (χ1) is 23.5. The van der Waals surface area contributed by atoms with Crippen LogP contribution in [0.1, 0.15) is 29.9 Å². The van der Waals surface area contributed by atoms with Gasteiger partial charge in [0.05, 0.1) is 17.5 Å². The van der Waals surface area contributed by atoms with Crippen LogP contribution in [0.3, 0.4) is 0 Å². The highest BCUT2D eigenvalue weighted by molar-refractivity contribution is 6.59. The molecule has 17 heteroatoms. The number of anilines is 2. The molecule has 4 aliphatic rings. The van der Waals surface area contributed by atoms with Crippen LogP contribution in [-0.2, 0) is 19.2 Å². The lowest BCUT2D eigenvalue weighted by Gasteiger charge is -2.50. The van der Waals surface area contributed by atoms with E-state index in [1.807, 2.05) is 0 Å². The van der Waals surface area contributed by atoms with Crippen molar-refractivity contribution in [2.24, 2.45) is 17.8 Å². The third-order valence-corrected chi connectivity index (χ3v) is 11.6. The lowest BCUT2D eigenvalue weighted by Crippen LogP contribution is -2.60. The van der Waals surface area contributed by atoms with Gasteiger partial charge in [0, 0.05) is 11.5 Å². The minimum atomic E-state index is -2.77. The third-order valence-electron chi connectivity index (χ3n) is 10.2. The Bertz CT molecular complexity index is 2090. The number of benzene rings is 3. The Labute approximate surface area is 289 Å². The number of fused-ring (bicyclic) bond motifs is 4. The summed E-state index contributed by atoms with van der Waals surface area (Å²) in [5.74, 6) is -22.8. The van der Waals surface area contributed by atoms with Crippen LogP contribution in [0, 0.1) is 53.8 Å². The number of para-hydroxylation sites is 1. The summed E-state index contributed by atoms with van der Waals surface area (Å²) in [6.45, 7) is 1.50. The van der Waals surface area contributed by atoms with E-state index in [-0.39, 0.29) is 39.2 Å². The molecule has 9 nitrogen and oxygen atoms in total. The molecule has 2 aliphatic heterocycles. The van der Waals surface area contributed by atoms with E-state index in [1.165, 1.54) is 55.5 Å². The van der Waals surface area contributed by atoms with Gasteiger partial charge >= 0.3 is 7.12 Å². The molecule has 3 aromatic rings. The molecule has 4 amide bonds. The molecule has 6 unspecified atom stereocenters. The number of allylic oxidation sites excluding steroid dienone is 2. The molecule has 2 aliphatic carbocycles. The van der Waals surface area contributed by atoms with Crippen LogP contribution in [0.15, 0.2) is 54.1 Å². The smallest absolute Gasteiger partial charge is 0.488 e.